The fourth-order valence-corrected chi connectivity index (χ4v) is 7.83. The predicted molar refractivity (Wildman–Crippen MR) is 184 cm³/mol. The fraction of sp³-hybridized carbons (Fsp3) is 0.289. The number of fused-ring (bicyclic) bond motifs is 2. The summed E-state index contributed by atoms with van der Waals surface area (Å²) >= 11 is 1.32. The summed E-state index contributed by atoms with van der Waals surface area (Å²) in [6, 6.07) is 22.7. The van der Waals surface area contributed by atoms with E-state index >= 15 is 0 Å². The van der Waals surface area contributed by atoms with E-state index in [1.165, 1.54) is 11.3 Å². The zero-order chi connectivity index (χ0) is 32.7. The number of hydrogen-bond donors (Lipinski definition) is 0. The van der Waals surface area contributed by atoms with Crippen LogP contribution in [-0.4, -0.2) is 41.5 Å². The van der Waals surface area contributed by atoms with Gasteiger partial charge in [-0.1, -0.05) is 72.0 Å². The van der Waals surface area contributed by atoms with Gasteiger partial charge in [0.05, 0.1) is 35.6 Å². The maximum atomic E-state index is 14.6. The van der Waals surface area contributed by atoms with Gasteiger partial charge in [-0.25, -0.2) is 9.79 Å². The van der Waals surface area contributed by atoms with E-state index < -0.39 is 12.0 Å². The first-order chi connectivity index (χ1) is 22.9. The lowest BCUT2D eigenvalue weighted by molar-refractivity contribution is -0.138. The van der Waals surface area contributed by atoms with Gasteiger partial charge in [-0.2, -0.15) is 0 Å². The van der Waals surface area contributed by atoms with Crippen molar-refractivity contribution in [1.29, 1.82) is 0 Å². The van der Waals surface area contributed by atoms with Gasteiger partial charge in [0.15, 0.2) is 4.80 Å². The van der Waals surface area contributed by atoms with Crippen LogP contribution >= 0.6 is 11.3 Å². The molecule has 240 valence electrons. The lowest BCUT2D eigenvalue weighted by atomic mass is 9.89. The molecule has 1 fully saturated rings. The molecule has 3 aromatic carbocycles. The topological polar surface area (TPSA) is 84.0 Å². The Morgan fingerprint density at radius 3 is 2.62 bits per heavy atom. The van der Waals surface area contributed by atoms with Crippen LogP contribution in [0, 0.1) is 13.8 Å². The Labute approximate surface area is 276 Å². The zero-order valence-electron chi connectivity index (χ0n) is 27.0. The van der Waals surface area contributed by atoms with Gasteiger partial charge in [0.25, 0.3) is 5.56 Å². The molecule has 2 atom stereocenters. The average Bonchev–Trinajstić information content (AvgIpc) is 3.79. The van der Waals surface area contributed by atoms with Crippen LogP contribution in [0.15, 0.2) is 88.2 Å². The van der Waals surface area contributed by atoms with Crippen LogP contribution in [-0.2, 0) is 20.8 Å². The van der Waals surface area contributed by atoms with Crippen LogP contribution in [0.1, 0.15) is 53.9 Å². The molecule has 4 heterocycles. The third-order valence-electron chi connectivity index (χ3n) is 9.11. The molecule has 2 aliphatic heterocycles. The molecule has 2 aliphatic rings. The predicted octanol–water partition coefficient (Wildman–Crippen LogP) is 5.69. The van der Waals surface area contributed by atoms with Crippen molar-refractivity contribution in [2.75, 3.05) is 20.3 Å². The standard InChI is InChI=1S/C38H37N3O5S/c1-5-45-37(43)33-34(26-13-7-6-8-14-26)39-38-41(35(33)32-29-16-10-9-12-25(29)17-18-30(32)44-4)36(42)31(47-38)21-27-20-23(2)40(24(27)3)22-28-15-11-19-46-28/h6-10,12-14,16-18,20-21,28,35H,5,11,15,19,22H2,1-4H3/b31-21-/t28-,35-/m1/s1. The molecule has 9 heteroatoms. The molecule has 47 heavy (non-hydrogen) atoms. The second-order valence-corrected chi connectivity index (χ2v) is 12.9. The minimum Gasteiger partial charge on any atom is -0.496 e. The Morgan fingerprint density at radius 2 is 1.87 bits per heavy atom. The molecule has 0 spiro atoms. The summed E-state index contributed by atoms with van der Waals surface area (Å²) < 4.78 is 22.0. The van der Waals surface area contributed by atoms with Crippen molar-refractivity contribution in [1.82, 2.24) is 9.13 Å². The first kappa shape index (κ1) is 30.9. The van der Waals surface area contributed by atoms with Crippen molar-refractivity contribution in [3.63, 3.8) is 0 Å². The lowest BCUT2D eigenvalue weighted by Gasteiger charge is -2.28. The maximum absolute atomic E-state index is 14.6. The smallest absolute Gasteiger partial charge is 0.338 e. The van der Waals surface area contributed by atoms with Gasteiger partial charge in [-0.05, 0) is 68.2 Å². The third-order valence-corrected chi connectivity index (χ3v) is 10.1. The normalized spacial score (nSPS) is 18.0. The number of methoxy groups -OCH3 is 1. The van der Waals surface area contributed by atoms with Gasteiger partial charge < -0.3 is 18.8 Å². The number of ether oxygens (including phenoxy) is 3. The van der Waals surface area contributed by atoms with Gasteiger partial charge in [0.2, 0.25) is 0 Å². The highest BCUT2D eigenvalue weighted by Gasteiger charge is 2.37. The number of esters is 1. The molecule has 0 radical (unpaired) electrons. The summed E-state index contributed by atoms with van der Waals surface area (Å²) in [5.41, 5.74) is 5.17. The van der Waals surface area contributed by atoms with E-state index in [1.54, 1.807) is 18.6 Å². The molecule has 8 nitrogen and oxygen atoms in total. The molecule has 1 saturated heterocycles. The molecule has 0 unspecified atom stereocenters. The molecular weight excluding hydrogens is 611 g/mol. The molecule has 5 aromatic rings. The van der Waals surface area contributed by atoms with Crippen molar-refractivity contribution >= 4 is 39.9 Å². The SMILES string of the molecule is CCOC(=O)C1=C(c2ccccc2)N=c2s/c(=C\c3cc(C)n(C[C@H]4CCCO4)c3C)c(=O)n2[C@@H]1c1c(OC)ccc2ccccc12. The highest BCUT2D eigenvalue weighted by molar-refractivity contribution is 7.07. The van der Waals surface area contributed by atoms with Crippen LogP contribution in [0.2, 0.25) is 0 Å². The number of thiazole rings is 1. The van der Waals surface area contributed by atoms with E-state index in [0.717, 1.165) is 59.3 Å². The lowest BCUT2D eigenvalue weighted by Crippen LogP contribution is -2.40. The first-order valence-corrected chi connectivity index (χ1v) is 16.8. The Kier molecular flexibility index (Phi) is 8.42. The summed E-state index contributed by atoms with van der Waals surface area (Å²) in [6.45, 7) is 7.72. The molecule has 0 N–H and O–H groups in total. The Balaban J connectivity index is 1.51. The van der Waals surface area contributed by atoms with E-state index in [4.69, 9.17) is 19.2 Å². The highest BCUT2D eigenvalue weighted by Crippen LogP contribution is 2.42. The first-order valence-electron chi connectivity index (χ1n) is 16.0. The maximum Gasteiger partial charge on any atom is 0.338 e. The largest absolute Gasteiger partial charge is 0.496 e. The molecule has 0 amide bonds. The van der Waals surface area contributed by atoms with Gasteiger partial charge in [0, 0.05) is 35.7 Å². The Hall–Kier alpha value is -4.73. The number of rotatable bonds is 8. The van der Waals surface area contributed by atoms with E-state index in [1.807, 2.05) is 72.8 Å². The fourth-order valence-electron chi connectivity index (χ4n) is 6.84. The van der Waals surface area contributed by atoms with E-state index in [2.05, 4.69) is 24.5 Å². The second-order valence-electron chi connectivity index (χ2n) is 11.9. The molecular formula is C38H37N3O5S. The van der Waals surface area contributed by atoms with Gasteiger partial charge >= 0.3 is 5.97 Å². The van der Waals surface area contributed by atoms with Crippen LogP contribution in [0.3, 0.4) is 0 Å². The summed E-state index contributed by atoms with van der Waals surface area (Å²) in [4.78, 5) is 34.2. The number of carbonyl (C=O) groups excluding carboxylic acids is 1. The minimum absolute atomic E-state index is 0.176. The van der Waals surface area contributed by atoms with Crippen molar-refractivity contribution in [3.05, 3.63) is 126 Å². The minimum atomic E-state index is -0.851. The molecule has 0 aliphatic carbocycles. The molecule has 0 saturated carbocycles. The van der Waals surface area contributed by atoms with E-state index in [9.17, 15) is 9.59 Å². The monoisotopic (exact) mass is 647 g/mol. The van der Waals surface area contributed by atoms with Crippen LogP contribution in [0.4, 0.5) is 0 Å². The molecule has 0 bridgehead atoms. The number of hydrogen-bond acceptors (Lipinski definition) is 7. The van der Waals surface area contributed by atoms with Crippen LogP contribution < -0.4 is 19.6 Å². The third kappa shape index (κ3) is 5.53. The van der Waals surface area contributed by atoms with E-state index in [-0.39, 0.29) is 18.3 Å². The number of aryl methyl sites for hydroxylation is 1. The van der Waals surface area contributed by atoms with Crippen molar-refractivity contribution < 1.29 is 19.0 Å². The van der Waals surface area contributed by atoms with Crippen LogP contribution in [0.5, 0.6) is 5.75 Å². The summed E-state index contributed by atoms with van der Waals surface area (Å²) in [6.07, 6.45) is 4.28. The zero-order valence-corrected chi connectivity index (χ0v) is 27.8. The summed E-state index contributed by atoms with van der Waals surface area (Å²) in [5.74, 6) is 0.0408. The number of carbonyl (C=O) groups is 1. The van der Waals surface area contributed by atoms with Crippen molar-refractivity contribution in [3.8, 4) is 5.75 Å². The van der Waals surface area contributed by atoms with Gasteiger partial charge in [-0.15, -0.1) is 0 Å². The quantitative estimate of drug-likeness (QED) is 0.202. The highest BCUT2D eigenvalue weighted by atomic mass is 32.1. The van der Waals surface area contributed by atoms with Gasteiger partial charge in [-0.3, -0.25) is 9.36 Å². The number of aromatic nitrogens is 2. The Bertz CT molecular complexity index is 2200. The average molecular weight is 648 g/mol. The summed E-state index contributed by atoms with van der Waals surface area (Å²) in [7, 11) is 1.61. The number of benzene rings is 3. The van der Waals surface area contributed by atoms with Crippen molar-refractivity contribution in [2.24, 2.45) is 4.99 Å². The summed E-state index contributed by atoms with van der Waals surface area (Å²) in [5, 5.41) is 1.84. The van der Waals surface area contributed by atoms with Gasteiger partial charge in [0.1, 0.15) is 11.8 Å². The molecule has 2 aromatic heterocycles. The van der Waals surface area contributed by atoms with Crippen molar-refractivity contribution in [2.45, 2.75) is 52.3 Å². The van der Waals surface area contributed by atoms with Crippen LogP contribution in [0.25, 0.3) is 22.5 Å². The molecule has 7 rings (SSSR count). The number of nitrogens with zero attached hydrogens (tertiary/aromatic N) is 3. The Morgan fingerprint density at radius 1 is 1.09 bits per heavy atom. The van der Waals surface area contributed by atoms with E-state index in [0.29, 0.717) is 31.9 Å². The second kappa shape index (κ2) is 12.8.